The highest BCUT2D eigenvalue weighted by Crippen LogP contribution is 2.30. The summed E-state index contributed by atoms with van der Waals surface area (Å²) in [5.74, 6) is 0. The molecule has 2 aromatic heterocycles. The fourth-order valence-electron chi connectivity index (χ4n) is 2.65. The van der Waals surface area contributed by atoms with Gasteiger partial charge >= 0.3 is 0 Å². The first-order valence-electron chi connectivity index (χ1n) is 7.13. The van der Waals surface area contributed by atoms with Gasteiger partial charge in [-0.1, -0.05) is 5.21 Å². The molecular formula is C14H18N4O5. The van der Waals surface area contributed by atoms with Crippen molar-refractivity contribution < 1.29 is 24.8 Å². The molecule has 3 N–H and O–H groups in total. The summed E-state index contributed by atoms with van der Waals surface area (Å²) in [5.41, 5.74) is 1.39. The number of aromatic nitrogens is 4. The SMILES string of the molecule is COC1O[C@H](CO)[C@H](O)[C@H](n2cc(-c3ccncc3)nn2)[C@H]1O. The summed E-state index contributed by atoms with van der Waals surface area (Å²) in [6.45, 7) is -0.407. The van der Waals surface area contributed by atoms with Crippen molar-refractivity contribution in [2.24, 2.45) is 0 Å². The van der Waals surface area contributed by atoms with Gasteiger partial charge in [0.05, 0.1) is 12.8 Å². The number of methoxy groups -OCH3 is 1. The number of nitrogens with zero attached hydrogens (tertiary/aromatic N) is 4. The van der Waals surface area contributed by atoms with Gasteiger partial charge in [0.1, 0.15) is 30.0 Å². The molecule has 1 aliphatic rings. The first kappa shape index (κ1) is 16.0. The van der Waals surface area contributed by atoms with Crippen LogP contribution in [0.25, 0.3) is 11.3 Å². The molecule has 0 saturated carbocycles. The minimum Gasteiger partial charge on any atom is -0.394 e. The lowest BCUT2D eigenvalue weighted by Crippen LogP contribution is -2.56. The second-order valence-electron chi connectivity index (χ2n) is 5.25. The second kappa shape index (κ2) is 6.69. The Kier molecular flexibility index (Phi) is 4.64. The van der Waals surface area contributed by atoms with Gasteiger partial charge in [0.25, 0.3) is 0 Å². The quantitative estimate of drug-likeness (QED) is 0.653. The average Bonchev–Trinajstić information content (AvgIpc) is 3.06. The Hall–Kier alpha value is -1.91. The van der Waals surface area contributed by atoms with Gasteiger partial charge < -0.3 is 24.8 Å². The van der Waals surface area contributed by atoms with E-state index in [2.05, 4.69) is 15.3 Å². The van der Waals surface area contributed by atoms with Crippen LogP contribution in [0.1, 0.15) is 6.04 Å². The Morgan fingerprint density at radius 3 is 2.65 bits per heavy atom. The highest BCUT2D eigenvalue weighted by atomic mass is 16.7. The molecule has 2 aromatic rings. The van der Waals surface area contributed by atoms with Crippen LogP contribution in [0.4, 0.5) is 0 Å². The molecule has 5 atom stereocenters. The molecule has 9 heteroatoms. The minimum atomic E-state index is -1.16. The van der Waals surface area contributed by atoms with Crippen molar-refractivity contribution in [3.05, 3.63) is 30.7 Å². The first-order chi connectivity index (χ1) is 11.2. The zero-order valence-corrected chi connectivity index (χ0v) is 12.4. The van der Waals surface area contributed by atoms with Crippen molar-refractivity contribution in [1.29, 1.82) is 0 Å². The van der Waals surface area contributed by atoms with Crippen molar-refractivity contribution in [1.82, 2.24) is 20.0 Å². The smallest absolute Gasteiger partial charge is 0.185 e. The number of ether oxygens (including phenoxy) is 2. The van der Waals surface area contributed by atoms with Crippen LogP contribution in [-0.2, 0) is 9.47 Å². The number of pyridine rings is 1. The zero-order valence-electron chi connectivity index (χ0n) is 12.4. The lowest BCUT2D eigenvalue weighted by atomic mass is 9.96. The maximum atomic E-state index is 10.4. The summed E-state index contributed by atoms with van der Waals surface area (Å²) in [5, 5.41) is 38.1. The number of aliphatic hydroxyl groups is 3. The van der Waals surface area contributed by atoms with E-state index in [9.17, 15) is 15.3 Å². The summed E-state index contributed by atoms with van der Waals surface area (Å²) < 4.78 is 11.7. The molecule has 124 valence electrons. The van der Waals surface area contributed by atoms with Crippen LogP contribution in [0.2, 0.25) is 0 Å². The lowest BCUT2D eigenvalue weighted by Gasteiger charge is -2.41. The predicted octanol–water partition coefficient (Wildman–Crippen LogP) is -1.03. The summed E-state index contributed by atoms with van der Waals surface area (Å²) in [7, 11) is 1.38. The monoisotopic (exact) mass is 322 g/mol. The predicted molar refractivity (Wildman–Crippen MR) is 77.1 cm³/mol. The molecule has 0 aliphatic carbocycles. The van der Waals surface area contributed by atoms with E-state index in [0.717, 1.165) is 5.56 Å². The molecule has 3 heterocycles. The topological polar surface area (TPSA) is 123 Å². The molecule has 0 spiro atoms. The first-order valence-corrected chi connectivity index (χ1v) is 7.13. The van der Waals surface area contributed by atoms with Crippen molar-refractivity contribution in [3.63, 3.8) is 0 Å². The summed E-state index contributed by atoms with van der Waals surface area (Å²) in [6, 6.07) is 2.70. The van der Waals surface area contributed by atoms with Gasteiger partial charge in [-0.3, -0.25) is 4.98 Å². The molecular weight excluding hydrogens is 304 g/mol. The van der Waals surface area contributed by atoms with Crippen molar-refractivity contribution in [2.75, 3.05) is 13.7 Å². The van der Waals surface area contributed by atoms with Crippen LogP contribution in [0.5, 0.6) is 0 Å². The Morgan fingerprint density at radius 2 is 2.00 bits per heavy atom. The Balaban J connectivity index is 1.91. The normalized spacial score (nSPS) is 31.2. The molecule has 1 unspecified atom stereocenters. The second-order valence-corrected chi connectivity index (χ2v) is 5.25. The molecule has 0 bridgehead atoms. The van der Waals surface area contributed by atoms with Crippen molar-refractivity contribution in [2.45, 2.75) is 30.6 Å². The molecule has 0 radical (unpaired) electrons. The highest BCUT2D eigenvalue weighted by molar-refractivity contribution is 5.56. The van der Waals surface area contributed by atoms with E-state index in [4.69, 9.17) is 9.47 Å². The standard InChI is InChI=1S/C14H18N4O5/c1-22-14-13(21)11(12(20)10(7-19)23-14)18-6-9(16-17-18)8-2-4-15-5-3-8/h2-6,10-14,19-21H,7H2,1H3/t10-,11+,12+,13-,14?/m1/s1. The molecule has 9 nitrogen and oxygen atoms in total. The maximum absolute atomic E-state index is 10.4. The van der Waals surface area contributed by atoms with Gasteiger partial charge in [-0.05, 0) is 12.1 Å². The number of hydrogen-bond donors (Lipinski definition) is 3. The van der Waals surface area contributed by atoms with Gasteiger partial charge in [0, 0.05) is 25.1 Å². The van der Waals surface area contributed by atoms with Crippen molar-refractivity contribution in [3.8, 4) is 11.3 Å². The highest BCUT2D eigenvalue weighted by Gasteiger charge is 2.46. The molecule has 23 heavy (non-hydrogen) atoms. The lowest BCUT2D eigenvalue weighted by molar-refractivity contribution is -0.279. The minimum absolute atomic E-state index is 0.407. The Morgan fingerprint density at radius 1 is 1.26 bits per heavy atom. The van der Waals surface area contributed by atoms with Crippen LogP contribution >= 0.6 is 0 Å². The third-order valence-electron chi connectivity index (χ3n) is 3.87. The largest absolute Gasteiger partial charge is 0.394 e. The molecule has 0 aromatic carbocycles. The fraction of sp³-hybridized carbons (Fsp3) is 0.500. The number of hydrogen-bond acceptors (Lipinski definition) is 8. The molecule has 1 aliphatic heterocycles. The summed E-state index contributed by atoms with van der Waals surface area (Å²) in [6.07, 6.45) is 0.692. The van der Waals surface area contributed by atoms with Gasteiger partial charge in [0.15, 0.2) is 6.29 Å². The third-order valence-corrected chi connectivity index (χ3v) is 3.87. The van der Waals surface area contributed by atoms with Gasteiger partial charge in [0.2, 0.25) is 0 Å². The van der Waals surface area contributed by atoms with E-state index >= 15 is 0 Å². The van der Waals surface area contributed by atoms with Crippen LogP contribution in [0, 0.1) is 0 Å². The molecule has 1 fully saturated rings. The molecule has 1 saturated heterocycles. The van der Waals surface area contributed by atoms with E-state index in [1.54, 1.807) is 30.7 Å². The number of aliphatic hydroxyl groups excluding tert-OH is 3. The van der Waals surface area contributed by atoms with Crippen LogP contribution in [-0.4, -0.2) is 73.6 Å². The Bertz CT molecular complexity index is 621. The van der Waals surface area contributed by atoms with Crippen LogP contribution in [0.15, 0.2) is 30.7 Å². The van der Waals surface area contributed by atoms with Gasteiger partial charge in [-0.2, -0.15) is 0 Å². The maximum Gasteiger partial charge on any atom is 0.185 e. The fourth-order valence-corrected chi connectivity index (χ4v) is 2.65. The van der Waals surface area contributed by atoms with Crippen molar-refractivity contribution >= 4 is 0 Å². The van der Waals surface area contributed by atoms with E-state index in [1.807, 2.05) is 0 Å². The molecule has 0 amide bonds. The average molecular weight is 322 g/mol. The zero-order chi connectivity index (χ0) is 16.4. The van der Waals surface area contributed by atoms with Gasteiger partial charge in [-0.15, -0.1) is 5.10 Å². The van der Waals surface area contributed by atoms with Gasteiger partial charge in [-0.25, -0.2) is 4.68 Å². The van der Waals surface area contributed by atoms with Crippen LogP contribution < -0.4 is 0 Å². The van der Waals surface area contributed by atoms with E-state index < -0.39 is 37.3 Å². The number of rotatable bonds is 4. The summed E-state index contributed by atoms with van der Waals surface area (Å²) in [4.78, 5) is 3.94. The van der Waals surface area contributed by atoms with Crippen LogP contribution in [0.3, 0.4) is 0 Å². The summed E-state index contributed by atoms with van der Waals surface area (Å²) >= 11 is 0. The van der Waals surface area contributed by atoms with E-state index in [-0.39, 0.29) is 0 Å². The van der Waals surface area contributed by atoms with E-state index in [1.165, 1.54) is 11.8 Å². The van der Waals surface area contributed by atoms with E-state index in [0.29, 0.717) is 5.69 Å². The Labute approximate surface area is 132 Å². The molecule has 3 rings (SSSR count). The third kappa shape index (κ3) is 2.96.